The molecule has 1 aliphatic rings. The molecule has 0 unspecified atom stereocenters. The van der Waals surface area contributed by atoms with Gasteiger partial charge in [-0.15, -0.1) is 0 Å². The first-order chi connectivity index (χ1) is 8.22. The maximum absolute atomic E-state index is 11.3. The van der Waals surface area contributed by atoms with Crippen LogP contribution in [-0.4, -0.2) is 23.4 Å². The molecule has 0 spiro atoms. The van der Waals surface area contributed by atoms with Crippen molar-refractivity contribution in [2.45, 2.75) is 52.0 Å². The van der Waals surface area contributed by atoms with Crippen LogP contribution in [-0.2, 0) is 0 Å². The van der Waals surface area contributed by atoms with Gasteiger partial charge in [-0.3, -0.25) is 4.79 Å². The highest BCUT2D eigenvalue weighted by molar-refractivity contribution is 7.17. The molecule has 0 amide bonds. The molecule has 0 N–H and O–H groups in total. The number of hydrogen-bond donors (Lipinski definition) is 0. The van der Waals surface area contributed by atoms with E-state index in [9.17, 15) is 4.79 Å². The Hall–Kier alpha value is -0.900. The molecule has 1 fully saturated rings. The Kier molecular flexibility index (Phi) is 4.15. The van der Waals surface area contributed by atoms with E-state index in [2.05, 4.69) is 16.8 Å². The monoisotopic (exact) mass is 252 g/mol. The normalized spacial score (nSPS) is 17.1. The molecule has 0 atom stereocenters. The average molecular weight is 252 g/mol. The number of rotatable bonds is 4. The second kappa shape index (κ2) is 5.63. The highest BCUT2D eigenvalue weighted by Crippen LogP contribution is 2.30. The zero-order valence-electron chi connectivity index (χ0n) is 10.6. The smallest absolute Gasteiger partial charge is 0.186 e. The molecular formula is C13H20N2OS. The molecule has 3 nitrogen and oxygen atoms in total. The van der Waals surface area contributed by atoms with Crippen LogP contribution in [0.15, 0.2) is 6.20 Å². The topological polar surface area (TPSA) is 33.2 Å². The van der Waals surface area contributed by atoms with Gasteiger partial charge in [0.15, 0.2) is 10.9 Å². The third kappa shape index (κ3) is 2.86. The summed E-state index contributed by atoms with van der Waals surface area (Å²) in [6.45, 7) is 4.76. The molecule has 4 heteroatoms. The second-order valence-corrected chi connectivity index (χ2v) is 5.65. The van der Waals surface area contributed by atoms with Crippen molar-refractivity contribution >= 4 is 22.3 Å². The van der Waals surface area contributed by atoms with Crippen LogP contribution < -0.4 is 4.90 Å². The van der Waals surface area contributed by atoms with Crippen LogP contribution in [0.4, 0.5) is 5.13 Å². The fraction of sp³-hybridized carbons (Fsp3) is 0.692. The van der Waals surface area contributed by atoms with Crippen molar-refractivity contribution in [1.82, 2.24) is 4.98 Å². The van der Waals surface area contributed by atoms with Crippen molar-refractivity contribution in [3.05, 3.63) is 11.1 Å². The van der Waals surface area contributed by atoms with Crippen LogP contribution >= 0.6 is 11.3 Å². The lowest BCUT2D eigenvalue weighted by molar-refractivity contribution is 0.102. The minimum absolute atomic E-state index is 0.119. The Balaban J connectivity index is 2.12. The summed E-state index contributed by atoms with van der Waals surface area (Å²) in [5, 5.41) is 1.02. The van der Waals surface area contributed by atoms with Gasteiger partial charge >= 0.3 is 0 Å². The molecule has 1 aromatic heterocycles. The molecule has 0 aromatic carbocycles. The minimum Gasteiger partial charge on any atom is -0.345 e. The van der Waals surface area contributed by atoms with Crippen LogP contribution in [0.2, 0.25) is 0 Å². The maximum atomic E-state index is 11.3. The van der Waals surface area contributed by atoms with Crippen LogP contribution in [0.3, 0.4) is 0 Å². The van der Waals surface area contributed by atoms with Gasteiger partial charge in [-0.1, -0.05) is 30.6 Å². The summed E-state index contributed by atoms with van der Waals surface area (Å²) in [6.07, 6.45) is 8.27. The van der Waals surface area contributed by atoms with E-state index in [1.54, 1.807) is 13.1 Å². The van der Waals surface area contributed by atoms with Gasteiger partial charge < -0.3 is 4.90 Å². The van der Waals surface area contributed by atoms with Gasteiger partial charge in [0.1, 0.15) is 0 Å². The third-order valence-electron chi connectivity index (χ3n) is 3.44. The Bertz CT molecular complexity index is 383. The summed E-state index contributed by atoms with van der Waals surface area (Å²) in [5.41, 5.74) is 0. The van der Waals surface area contributed by atoms with E-state index in [0.29, 0.717) is 6.04 Å². The van der Waals surface area contributed by atoms with Crippen molar-refractivity contribution in [2.24, 2.45) is 0 Å². The Morgan fingerprint density at radius 1 is 1.47 bits per heavy atom. The predicted molar refractivity (Wildman–Crippen MR) is 72.0 cm³/mol. The second-order valence-electron chi connectivity index (χ2n) is 4.64. The predicted octanol–water partition coefficient (Wildman–Crippen LogP) is 3.50. The quantitative estimate of drug-likeness (QED) is 0.769. The molecule has 0 bridgehead atoms. The molecule has 1 aromatic rings. The molecule has 94 valence electrons. The number of ketones is 1. The van der Waals surface area contributed by atoms with Crippen LogP contribution in [0, 0.1) is 0 Å². The third-order valence-corrected chi connectivity index (χ3v) is 4.58. The highest BCUT2D eigenvalue weighted by Gasteiger charge is 2.22. The lowest BCUT2D eigenvalue weighted by atomic mass is 9.94. The molecule has 1 aliphatic carbocycles. The van der Waals surface area contributed by atoms with Crippen molar-refractivity contribution in [3.63, 3.8) is 0 Å². The summed E-state index contributed by atoms with van der Waals surface area (Å²) < 4.78 is 0. The van der Waals surface area contributed by atoms with E-state index in [1.807, 2.05) is 0 Å². The van der Waals surface area contributed by atoms with E-state index in [0.717, 1.165) is 16.6 Å². The zero-order valence-corrected chi connectivity index (χ0v) is 11.4. The molecule has 17 heavy (non-hydrogen) atoms. The number of anilines is 1. The van der Waals surface area contributed by atoms with Crippen molar-refractivity contribution < 1.29 is 4.79 Å². The maximum Gasteiger partial charge on any atom is 0.186 e. The van der Waals surface area contributed by atoms with Crippen LogP contribution in [0.25, 0.3) is 0 Å². The molecule has 1 heterocycles. The SMILES string of the molecule is CCN(c1ncc(C(C)=O)s1)C1CCCCC1. The first kappa shape index (κ1) is 12.6. The summed E-state index contributed by atoms with van der Waals surface area (Å²) in [4.78, 5) is 18.8. The Morgan fingerprint density at radius 3 is 2.71 bits per heavy atom. The molecule has 0 radical (unpaired) electrons. The van der Waals surface area contributed by atoms with Crippen LogP contribution in [0.1, 0.15) is 55.6 Å². The van der Waals surface area contributed by atoms with Gasteiger partial charge in [0, 0.05) is 19.5 Å². The summed E-state index contributed by atoms with van der Waals surface area (Å²) in [6, 6.07) is 0.625. The van der Waals surface area contributed by atoms with Gasteiger partial charge in [-0.05, 0) is 19.8 Å². The van der Waals surface area contributed by atoms with Gasteiger partial charge in [0.05, 0.1) is 11.1 Å². The fourth-order valence-corrected chi connectivity index (χ4v) is 3.45. The van der Waals surface area contributed by atoms with Crippen molar-refractivity contribution in [3.8, 4) is 0 Å². The van der Waals surface area contributed by atoms with Gasteiger partial charge in [-0.2, -0.15) is 0 Å². The highest BCUT2D eigenvalue weighted by atomic mass is 32.1. The molecule has 0 saturated heterocycles. The first-order valence-corrected chi connectivity index (χ1v) is 7.27. The Labute approximate surface area is 107 Å². The summed E-state index contributed by atoms with van der Waals surface area (Å²) in [5.74, 6) is 0.119. The lowest BCUT2D eigenvalue weighted by Gasteiger charge is -2.33. The van der Waals surface area contributed by atoms with Crippen molar-refractivity contribution in [1.29, 1.82) is 0 Å². The molecular weight excluding hydrogens is 232 g/mol. The first-order valence-electron chi connectivity index (χ1n) is 6.45. The minimum atomic E-state index is 0.119. The lowest BCUT2D eigenvalue weighted by Crippen LogP contribution is -2.36. The Morgan fingerprint density at radius 2 is 2.18 bits per heavy atom. The summed E-state index contributed by atoms with van der Waals surface area (Å²) in [7, 11) is 0. The van der Waals surface area contributed by atoms with Gasteiger partial charge in [0.25, 0.3) is 0 Å². The van der Waals surface area contributed by atoms with E-state index < -0.39 is 0 Å². The number of aromatic nitrogens is 1. The number of thiazole rings is 1. The number of hydrogen-bond acceptors (Lipinski definition) is 4. The number of Topliss-reactive ketones (excluding diaryl/α,β-unsaturated/α-hetero) is 1. The van der Waals surface area contributed by atoms with Crippen LogP contribution in [0.5, 0.6) is 0 Å². The van der Waals surface area contributed by atoms with E-state index in [1.165, 1.54) is 43.4 Å². The van der Waals surface area contributed by atoms with E-state index in [-0.39, 0.29) is 5.78 Å². The zero-order chi connectivity index (χ0) is 12.3. The molecule has 0 aliphatic heterocycles. The number of carbonyl (C=O) groups excluding carboxylic acids is 1. The number of carbonyl (C=O) groups is 1. The van der Waals surface area contributed by atoms with E-state index in [4.69, 9.17) is 0 Å². The fourth-order valence-electron chi connectivity index (χ4n) is 2.50. The van der Waals surface area contributed by atoms with E-state index >= 15 is 0 Å². The van der Waals surface area contributed by atoms with Gasteiger partial charge in [0.2, 0.25) is 0 Å². The largest absolute Gasteiger partial charge is 0.345 e. The average Bonchev–Trinajstić information content (AvgIpc) is 2.81. The number of nitrogens with zero attached hydrogens (tertiary/aromatic N) is 2. The molecule has 2 rings (SSSR count). The molecule has 1 saturated carbocycles. The van der Waals surface area contributed by atoms with Gasteiger partial charge in [-0.25, -0.2) is 4.98 Å². The standard InChI is InChI=1S/C13H20N2OS/c1-3-15(11-7-5-4-6-8-11)13-14-9-12(17-13)10(2)16/h9,11H,3-8H2,1-2H3. The summed E-state index contributed by atoms with van der Waals surface area (Å²) >= 11 is 1.53. The van der Waals surface area contributed by atoms with Crippen molar-refractivity contribution in [2.75, 3.05) is 11.4 Å².